The Morgan fingerprint density at radius 1 is 0.483 bits per heavy atom. The van der Waals surface area contributed by atoms with E-state index in [9.17, 15) is 0 Å². The Morgan fingerprint density at radius 2 is 0.828 bits per heavy atom. The number of alkyl halides is 7. The van der Waals surface area contributed by atoms with Crippen LogP contribution in [0.4, 0.5) is 0 Å². The maximum atomic E-state index is 6.37. The molecule has 4 atom stereocenters. The molecule has 0 spiro atoms. The van der Waals surface area contributed by atoms with Crippen LogP contribution < -0.4 is 0 Å². The van der Waals surface area contributed by atoms with Gasteiger partial charge in [-0.15, -0.1) is 81.2 Å². The van der Waals surface area contributed by atoms with Gasteiger partial charge in [-0.25, -0.2) is 0 Å². The Labute approximate surface area is 229 Å². The highest BCUT2D eigenvalue weighted by Gasteiger charge is 2.24. The molecule has 11 heteroatoms. The lowest BCUT2D eigenvalue weighted by Gasteiger charge is -2.16. The van der Waals surface area contributed by atoms with Crippen molar-refractivity contribution in [2.45, 2.75) is 77.7 Å². The number of hydrogen-bond acceptors (Lipinski definition) is 0. The predicted molar refractivity (Wildman–Crippen MR) is 139 cm³/mol. The van der Waals surface area contributed by atoms with Gasteiger partial charge in [0, 0.05) is 5.88 Å². The van der Waals surface area contributed by atoms with Crippen LogP contribution in [-0.4, -0.2) is 32.2 Å². The smallest absolute Gasteiger partial charge is 0.127 e. The summed E-state index contributed by atoms with van der Waals surface area (Å²) in [6.45, 7) is 0. The van der Waals surface area contributed by atoms with Crippen LogP contribution in [-0.2, 0) is 0 Å². The Morgan fingerprint density at radius 3 is 1.17 bits per heavy atom. The predicted octanol–water partition coefficient (Wildman–Crippen LogP) is 11.0. The zero-order valence-electron chi connectivity index (χ0n) is 15.4. The van der Waals surface area contributed by atoms with E-state index in [0.29, 0.717) is 28.8 Å². The van der Waals surface area contributed by atoms with Gasteiger partial charge in [0.15, 0.2) is 0 Å². The van der Waals surface area contributed by atoms with E-state index in [4.69, 9.17) is 128 Å². The van der Waals surface area contributed by atoms with E-state index in [0.717, 1.165) is 38.5 Å². The highest BCUT2D eigenvalue weighted by atomic mass is 35.5. The van der Waals surface area contributed by atoms with Crippen LogP contribution in [0.3, 0.4) is 0 Å². The fourth-order valence-electron chi connectivity index (χ4n) is 2.31. The molecule has 0 fully saturated rings. The van der Waals surface area contributed by atoms with Crippen molar-refractivity contribution >= 4 is 128 Å². The number of allylic oxidation sites excluding steroid dienone is 4. The molecule has 0 aromatic heterocycles. The van der Waals surface area contributed by atoms with E-state index in [2.05, 4.69) is 0 Å². The molecule has 0 saturated carbocycles. The van der Waals surface area contributed by atoms with Gasteiger partial charge in [-0.2, -0.15) is 0 Å². The third-order valence-electron chi connectivity index (χ3n) is 4.00. The number of rotatable bonds is 15. The molecular weight excluding hydrogens is 606 g/mol. The second kappa shape index (κ2) is 18.1. The van der Waals surface area contributed by atoms with Crippen molar-refractivity contribution in [3.63, 3.8) is 0 Å². The summed E-state index contributed by atoms with van der Waals surface area (Å²) in [6.07, 6.45) is 6.32. The highest BCUT2D eigenvalue weighted by molar-refractivity contribution is 6.53. The van der Waals surface area contributed by atoms with Crippen LogP contribution in [0.5, 0.6) is 0 Å². The molecule has 0 aromatic carbocycles. The lowest BCUT2D eigenvalue weighted by Crippen LogP contribution is -2.13. The van der Waals surface area contributed by atoms with Gasteiger partial charge in [-0.05, 0) is 25.7 Å². The fraction of sp³-hybridized carbons (Fsp3) is 0.778. The first-order valence-corrected chi connectivity index (χ1v) is 13.7. The quantitative estimate of drug-likeness (QED) is 0.125. The molecule has 0 aromatic rings. The van der Waals surface area contributed by atoms with Crippen LogP contribution >= 0.6 is 128 Å². The second-order valence-corrected chi connectivity index (χ2v) is 11.6. The van der Waals surface area contributed by atoms with Crippen LogP contribution in [0.1, 0.15) is 51.4 Å². The van der Waals surface area contributed by atoms with E-state index in [-0.39, 0.29) is 15.4 Å². The van der Waals surface area contributed by atoms with Crippen molar-refractivity contribution in [1.29, 1.82) is 0 Å². The van der Waals surface area contributed by atoms with Crippen molar-refractivity contribution in [3.05, 3.63) is 20.1 Å². The van der Waals surface area contributed by atoms with Crippen molar-refractivity contribution in [2.24, 2.45) is 0 Å². The molecule has 0 radical (unpaired) electrons. The maximum Gasteiger partial charge on any atom is 0.129 e. The zero-order chi connectivity index (χ0) is 22.6. The summed E-state index contributed by atoms with van der Waals surface area (Å²) in [5, 5.41) is -0.914. The van der Waals surface area contributed by atoms with Gasteiger partial charge in [0.1, 0.15) is 10.2 Å². The first-order chi connectivity index (χ1) is 13.5. The Bertz CT molecular complexity index is 518. The summed E-state index contributed by atoms with van der Waals surface area (Å²) >= 11 is 66.9. The topological polar surface area (TPSA) is 0 Å². The van der Waals surface area contributed by atoms with Crippen LogP contribution in [0, 0.1) is 0 Å². The minimum atomic E-state index is -0.886. The second-order valence-electron chi connectivity index (χ2n) is 6.35. The summed E-state index contributed by atoms with van der Waals surface area (Å²) in [7, 11) is 0. The van der Waals surface area contributed by atoms with Crippen molar-refractivity contribution in [2.75, 3.05) is 5.88 Å². The van der Waals surface area contributed by atoms with E-state index in [1.54, 1.807) is 0 Å². The minimum absolute atomic E-state index is 0.149. The van der Waals surface area contributed by atoms with Crippen molar-refractivity contribution in [3.8, 4) is 0 Å². The lowest BCUT2D eigenvalue weighted by molar-refractivity contribution is 0.649. The fourth-order valence-corrected chi connectivity index (χ4v) is 5.01. The Balaban J connectivity index is 4.46. The van der Waals surface area contributed by atoms with Crippen molar-refractivity contribution < 1.29 is 0 Å². The molecule has 172 valence electrons. The summed E-state index contributed by atoms with van der Waals surface area (Å²) in [5.74, 6) is 0.643. The first-order valence-electron chi connectivity index (χ1n) is 9.05. The molecule has 0 nitrogen and oxygen atoms in total. The van der Waals surface area contributed by atoms with Gasteiger partial charge in [0.25, 0.3) is 0 Å². The number of hydrogen-bond donors (Lipinski definition) is 0. The Hall–Kier alpha value is 2.67. The maximum absolute atomic E-state index is 6.37. The Kier molecular flexibility index (Phi) is 19.7. The van der Waals surface area contributed by atoms with Gasteiger partial charge in [0.05, 0.1) is 36.3 Å². The van der Waals surface area contributed by atoms with Gasteiger partial charge in [0.2, 0.25) is 0 Å². The van der Waals surface area contributed by atoms with Crippen molar-refractivity contribution in [1.82, 2.24) is 0 Å². The molecule has 0 aliphatic rings. The van der Waals surface area contributed by atoms with E-state index >= 15 is 0 Å². The molecule has 0 N–H and O–H groups in total. The molecule has 0 bridgehead atoms. The van der Waals surface area contributed by atoms with Gasteiger partial charge < -0.3 is 0 Å². The first kappa shape index (κ1) is 31.7. The lowest BCUT2D eigenvalue weighted by atomic mass is 10.1. The molecule has 0 aliphatic heterocycles. The monoisotopic (exact) mass is 624 g/mol. The summed E-state index contributed by atoms with van der Waals surface area (Å²) in [4.78, 5) is -0.886. The molecule has 0 heterocycles. The molecule has 0 aliphatic carbocycles. The third kappa shape index (κ3) is 13.2. The molecule has 0 amide bonds. The van der Waals surface area contributed by atoms with Crippen LogP contribution in [0.2, 0.25) is 0 Å². The summed E-state index contributed by atoms with van der Waals surface area (Å²) in [6, 6.07) is 0. The molecule has 0 saturated heterocycles. The molecule has 29 heavy (non-hydrogen) atoms. The summed E-state index contributed by atoms with van der Waals surface area (Å²) in [5.41, 5.74) is 0. The summed E-state index contributed by atoms with van der Waals surface area (Å²) < 4.78 is 0. The molecule has 0 rings (SSSR count). The third-order valence-corrected chi connectivity index (χ3v) is 9.29. The van der Waals surface area contributed by atoms with Gasteiger partial charge in [-0.1, -0.05) is 72.1 Å². The van der Waals surface area contributed by atoms with Gasteiger partial charge >= 0.3 is 0 Å². The SMILES string of the molecule is ClCCCCCC(Cl)/C(Cl)=C(\Cl)C(Cl)CCCCC(Cl)/C(Cl)=C(\Cl)C(Cl)C(Cl)Cl. The van der Waals surface area contributed by atoms with Gasteiger partial charge in [-0.3, -0.25) is 0 Å². The number of halogens is 11. The van der Waals surface area contributed by atoms with E-state index in [1.807, 2.05) is 0 Å². The van der Waals surface area contributed by atoms with Crippen LogP contribution in [0.15, 0.2) is 20.1 Å². The normalized spacial score (nSPS) is 18.2. The standard InChI is InChI=1S/C18H23Cl11/c19-9-5-1-2-6-10(20)13(23)14(24)11(21)7-3-4-8-12(22)15(25)16(26)17(27)18(28)29/h10-12,17-18H,1-9H2/b14-13+,16-15+. The van der Waals surface area contributed by atoms with E-state index < -0.39 is 21.0 Å². The largest absolute Gasteiger partial charge is 0.129 e. The molecular formula is C18H23Cl11. The average molecular weight is 629 g/mol. The average Bonchev–Trinajstić information content (AvgIpc) is 2.70. The van der Waals surface area contributed by atoms with E-state index in [1.165, 1.54) is 0 Å². The minimum Gasteiger partial charge on any atom is -0.127 e. The highest BCUT2D eigenvalue weighted by Crippen LogP contribution is 2.34. The van der Waals surface area contributed by atoms with Crippen LogP contribution in [0.25, 0.3) is 0 Å². The number of unbranched alkanes of at least 4 members (excludes halogenated alkanes) is 3. The molecule has 4 unspecified atom stereocenters. The zero-order valence-corrected chi connectivity index (χ0v) is 23.7.